The van der Waals surface area contributed by atoms with Gasteiger partial charge in [-0.05, 0) is 17.7 Å². The van der Waals surface area contributed by atoms with E-state index in [1.54, 1.807) is 18.1 Å². The van der Waals surface area contributed by atoms with Gasteiger partial charge in [0.2, 0.25) is 0 Å². The van der Waals surface area contributed by atoms with Gasteiger partial charge < -0.3 is 9.67 Å². The molecule has 1 aromatic carbocycles. The second-order valence-electron chi connectivity index (χ2n) is 3.59. The smallest absolute Gasteiger partial charge is 0.0945 e. The van der Waals surface area contributed by atoms with E-state index in [9.17, 15) is 0 Å². The predicted octanol–water partition coefficient (Wildman–Crippen LogP) is 2.20. The third-order valence-corrected chi connectivity index (χ3v) is 3.41. The van der Waals surface area contributed by atoms with Crippen LogP contribution in [0.3, 0.4) is 0 Å². The van der Waals surface area contributed by atoms with E-state index in [0.29, 0.717) is 0 Å². The number of aromatic nitrogens is 2. The van der Waals surface area contributed by atoms with Crippen molar-refractivity contribution in [1.82, 2.24) is 9.55 Å². The van der Waals surface area contributed by atoms with Gasteiger partial charge in [0.15, 0.2) is 0 Å². The molecule has 0 spiro atoms. The summed E-state index contributed by atoms with van der Waals surface area (Å²) in [6.07, 6.45) is 3.68. The highest BCUT2D eigenvalue weighted by molar-refractivity contribution is 7.98. The Morgan fingerprint density at radius 3 is 3.00 bits per heavy atom. The van der Waals surface area contributed by atoms with E-state index >= 15 is 0 Å². The molecule has 16 heavy (non-hydrogen) atoms. The van der Waals surface area contributed by atoms with Crippen LogP contribution in [0.4, 0.5) is 0 Å². The topological polar surface area (TPSA) is 38.0 Å². The Balaban J connectivity index is 2.02. The van der Waals surface area contributed by atoms with E-state index in [1.807, 2.05) is 36.0 Å². The SMILES string of the molecule is Cn1cncc1CSc1cccc(CO)c1. The second-order valence-corrected chi connectivity index (χ2v) is 4.64. The van der Waals surface area contributed by atoms with E-state index in [2.05, 4.69) is 11.1 Å². The summed E-state index contributed by atoms with van der Waals surface area (Å²) in [6, 6.07) is 7.96. The van der Waals surface area contributed by atoms with E-state index in [1.165, 1.54) is 10.6 Å². The summed E-state index contributed by atoms with van der Waals surface area (Å²) in [5.41, 5.74) is 2.15. The second kappa shape index (κ2) is 5.18. The maximum Gasteiger partial charge on any atom is 0.0945 e. The highest BCUT2D eigenvalue weighted by atomic mass is 32.2. The number of hydrogen-bond acceptors (Lipinski definition) is 3. The van der Waals surface area contributed by atoms with Crippen molar-refractivity contribution in [3.63, 3.8) is 0 Å². The fourth-order valence-corrected chi connectivity index (χ4v) is 2.42. The Morgan fingerprint density at radius 1 is 1.44 bits per heavy atom. The number of rotatable bonds is 4. The predicted molar refractivity (Wildman–Crippen MR) is 65.1 cm³/mol. The first-order valence-electron chi connectivity index (χ1n) is 5.07. The monoisotopic (exact) mass is 234 g/mol. The molecule has 0 radical (unpaired) electrons. The number of thioether (sulfide) groups is 1. The lowest BCUT2D eigenvalue weighted by Gasteiger charge is -2.04. The molecule has 0 amide bonds. The largest absolute Gasteiger partial charge is 0.392 e. The summed E-state index contributed by atoms with van der Waals surface area (Å²) in [7, 11) is 1.99. The van der Waals surface area contributed by atoms with Crippen LogP contribution in [0.2, 0.25) is 0 Å². The lowest BCUT2D eigenvalue weighted by Crippen LogP contribution is -1.92. The molecule has 3 nitrogen and oxygen atoms in total. The maximum absolute atomic E-state index is 9.03. The number of benzene rings is 1. The van der Waals surface area contributed by atoms with Crippen LogP contribution in [0.15, 0.2) is 41.7 Å². The Kier molecular flexibility index (Phi) is 3.64. The van der Waals surface area contributed by atoms with Crippen LogP contribution in [-0.2, 0) is 19.4 Å². The van der Waals surface area contributed by atoms with E-state index < -0.39 is 0 Å². The quantitative estimate of drug-likeness (QED) is 0.824. The van der Waals surface area contributed by atoms with Gasteiger partial charge in [-0.3, -0.25) is 0 Å². The first kappa shape index (κ1) is 11.2. The van der Waals surface area contributed by atoms with Gasteiger partial charge >= 0.3 is 0 Å². The zero-order valence-electron chi connectivity index (χ0n) is 9.13. The number of aryl methyl sites for hydroxylation is 1. The highest BCUT2D eigenvalue weighted by Gasteiger charge is 2.00. The number of aliphatic hydroxyl groups excluding tert-OH is 1. The Morgan fingerprint density at radius 2 is 2.31 bits per heavy atom. The molecule has 1 aromatic heterocycles. The summed E-state index contributed by atoms with van der Waals surface area (Å²) >= 11 is 1.75. The summed E-state index contributed by atoms with van der Waals surface area (Å²) in [4.78, 5) is 5.25. The number of nitrogens with zero attached hydrogens (tertiary/aromatic N) is 2. The highest BCUT2D eigenvalue weighted by Crippen LogP contribution is 2.23. The summed E-state index contributed by atoms with van der Waals surface area (Å²) in [5, 5.41) is 9.03. The minimum absolute atomic E-state index is 0.0973. The van der Waals surface area contributed by atoms with Crippen LogP contribution in [0.5, 0.6) is 0 Å². The molecule has 4 heteroatoms. The standard InChI is InChI=1S/C12H14N2OS/c1-14-9-13-6-11(14)8-16-12-4-2-3-10(5-12)7-15/h2-6,9,15H,7-8H2,1H3. The molecule has 0 saturated carbocycles. The van der Waals surface area contributed by atoms with E-state index in [4.69, 9.17) is 5.11 Å². The molecule has 1 N–H and O–H groups in total. The minimum atomic E-state index is 0.0973. The van der Waals surface area contributed by atoms with Gasteiger partial charge in [-0.15, -0.1) is 11.8 Å². The van der Waals surface area contributed by atoms with Crippen LogP contribution < -0.4 is 0 Å². The van der Waals surface area contributed by atoms with Crippen LogP contribution in [-0.4, -0.2) is 14.7 Å². The van der Waals surface area contributed by atoms with Crippen molar-refractivity contribution < 1.29 is 5.11 Å². The van der Waals surface area contributed by atoms with Gasteiger partial charge in [0.25, 0.3) is 0 Å². The fraction of sp³-hybridized carbons (Fsp3) is 0.250. The Hall–Kier alpha value is -1.26. The van der Waals surface area contributed by atoms with Crippen molar-refractivity contribution >= 4 is 11.8 Å². The van der Waals surface area contributed by atoms with Crippen LogP contribution in [0.1, 0.15) is 11.3 Å². The van der Waals surface area contributed by atoms with Crippen LogP contribution >= 0.6 is 11.8 Å². The summed E-state index contributed by atoms with van der Waals surface area (Å²) in [5.74, 6) is 0.894. The lowest BCUT2D eigenvalue weighted by atomic mass is 10.2. The lowest BCUT2D eigenvalue weighted by molar-refractivity contribution is 0.281. The molecule has 0 fully saturated rings. The normalized spacial score (nSPS) is 10.6. The Labute approximate surface area is 99.1 Å². The van der Waals surface area contributed by atoms with Crippen molar-refractivity contribution in [1.29, 1.82) is 0 Å². The zero-order chi connectivity index (χ0) is 11.4. The molecular weight excluding hydrogens is 220 g/mol. The van der Waals surface area contributed by atoms with Crippen molar-refractivity contribution in [2.75, 3.05) is 0 Å². The van der Waals surface area contributed by atoms with Crippen molar-refractivity contribution in [2.45, 2.75) is 17.3 Å². The van der Waals surface area contributed by atoms with Gasteiger partial charge in [-0.1, -0.05) is 12.1 Å². The molecule has 2 aromatic rings. The van der Waals surface area contributed by atoms with Crippen LogP contribution in [0.25, 0.3) is 0 Å². The molecule has 0 saturated heterocycles. The zero-order valence-corrected chi connectivity index (χ0v) is 9.94. The average molecular weight is 234 g/mol. The summed E-state index contributed by atoms with van der Waals surface area (Å²) < 4.78 is 2.02. The first-order chi connectivity index (χ1) is 7.79. The van der Waals surface area contributed by atoms with Crippen molar-refractivity contribution in [2.24, 2.45) is 7.05 Å². The van der Waals surface area contributed by atoms with E-state index in [-0.39, 0.29) is 6.61 Å². The molecule has 0 unspecified atom stereocenters. The minimum Gasteiger partial charge on any atom is -0.392 e. The van der Waals surface area contributed by atoms with E-state index in [0.717, 1.165) is 11.3 Å². The third-order valence-electron chi connectivity index (χ3n) is 2.38. The fourth-order valence-electron chi connectivity index (χ4n) is 1.41. The molecule has 2 rings (SSSR count). The molecule has 84 valence electrons. The number of hydrogen-bond donors (Lipinski definition) is 1. The molecular formula is C12H14N2OS. The first-order valence-corrected chi connectivity index (χ1v) is 6.06. The van der Waals surface area contributed by atoms with Gasteiger partial charge in [-0.2, -0.15) is 0 Å². The number of aliphatic hydroxyl groups is 1. The molecule has 0 aliphatic carbocycles. The summed E-state index contributed by atoms with van der Waals surface area (Å²) in [6.45, 7) is 0.0973. The molecule has 0 aliphatic rings. The maximum atomic E-state index is 9.03. The molecule has 0 bridgehead atoms. The third kappa shape index (κ3) is 2.65. The number of imidazole rings is 1. The Bertz CT molecular complexity index is 468. The molecule has 1 heterocycles. The average Bonchev–Trinajstić information content (AvgIpc) is 2.72. The van der Waals surface area contributed by atoms with Crippen molar-refractivity contribution in [3.8, 4) is 0 Å². The van der Waals surface area contributed by atoms with Gasteiger partial charge in [-0.25, -0.2) is 4.98 Å². The van der Waals surface area contributed by atoms with Gasteiger partial charge in [0.1, 0.15) is 0 Å². The van der Waals surface area contributed by atoms with Gasteiger partial charge in [0.05, 0.1) is 12.9 Å². The molecule has 0 atom stereocenters. The van der Waals surface area contributed by atoms with Crippen molar-refractivity contribution in [3.05, 3.63) is 48.0 Å². The van der Waals surface area contributed by atoms with Crippen LogP contribution in [0, 0.1) is 0 Å². The van der Waals surface area contributed by atoms with Gasteiger partial charge in [0, 0.05) is 29.6 Å². The molecule has 0 aliphatic heterocycles.